The van der Waals surface area contributed by atoms with Gasteiger partial charge >= 0.3 is 0 Å². The molecule has 1 heterocycles. The van der Waals surface area contributed by atoms with E-state index >= 15 is 0 Å². The first kappa shape index (κ1) is 14.3. The summed E-state index contributed by atoms with van der Waals surface area (Å²) in [4.78, 5) is 19.1. The summed E-state index contributed by atoms with van der Waals surface area (Å²) in [7, 11) is 0. The van der Waals surface area contributed by atoms with Crippen molar-refractivity contribution >= 4 is 0 Å². The molecule has 4 heteroatoms. The number of nitrogens with one attached hydrogen (secondary N) is 1. The molecule has 0 fully saturated rings. The van der Waals surface area contributed by atoms with E-state index in [1.807, 2.05) is 58.0 Å². The second kappa shape index (κ2) is 5.12. The van der Waals surface area contributed by atoms with E-state index in [0.717, 1.165) is 5.56 Å². The van der Waals surface area contributed by atoms with Crippen molar-refractivity contribution in [2.45, 2.75) is 39.0 Å². The lowest BCUT2D eigenvalue weighted by atomic mass is 9.83. The molecule has 4 nitrogen and oxygen atoms in total. The third-order valence-electron chi connectivity index (χ3n) is 3.60. The molecule has 0 radical (unpaired) electrons. The summed E-state index contributed by atoms with van der Waals surface area (Å²) in [5.41, 5.74) is 0.608. The minimum atomic E-state index is -0.479. The third kappa shape index (κ3) is 2.46. The molecule has 0 saturated carbocycles. The fraction of sp³-hybridized carbons (Fsp3) is 0.375. The molecule has 0 amide bonds. The number of rotatable bonds is 3. The Hall–Kier alpha value is -2.10. The van der Waals surface area contributed by atoms with Crippen LogP contribution in [0.3, 0.4) is 0 Å². The normalized spacial score (nSPS) is 11.8. The van der Waals surface area contributed by atoms with Crippen LogP contribution in [0.15, 0.2) is 35.1 Å². The van der Waals surface area contributed by atoms with Gasteiger partial charge in [-0.15, -0.1) is 0 Å². The number of aromatic amines is 1. The van der Waals surface area contributed by atoms with Gasteiger partial charge in [-0.25, -0.2) is 0 Å². The van der Waals surface area contributed by atoms with E-state index in [2.05, 4.69) is 9.97 Å². The van der Waals surface area contributed by atoms with Crippen LogP contribution in [0.25, 0.3) is 0 Å². The van der Waals surface area contributed by atoms with Crippen molar-refractivity contribution in [1.82, 2.24) is 9.97 Å². The molecule has 0 unspecified atom stereocenters. The van der Waals surface area contributed by atoms with Gasteiger partial charge in [0.2, 0.25) is 5.88 Å². The van der Waals surface area contributed by atoms with Gasteiger partial charge in [-0.2, -0.15) is 4.98 Å². The summed E-state index contributed by atoms with van der Waals surface area (Å²) in [6, 6.07) is 9.78. The van der Waals surface area contributed by atoms with Gasteiger partial charge in [0.15, 0.2) is 0 Å². The number of benzene rings is 1. The van der Waals surface area contributed by atoms with E-state index in [9.17, 15) is 9.90 Å². The van der Waals surface area contributed by atoms with Gasteiger partial charge < -0.3 is 10.1 Å². The number of hydrogen-bond donors (Lipinski definition) is 2. The second-order valence-corrected chi connectivity index (χ2v) is 5.80. The van der Waals surface area contributed by atoms with Gasteiger partial charge in [0.25, 0.3) is 5.56 Å². The Bertz CT molecular complexity index is 658. The molecule has 1 aromatic carbocycles. The van der Waals surface area contributed by atoms with Crippen molar-refractivity contribution in [3.05, 3.63) is 57.6 Å². The van der Waals surface area contributed by atoms with E-state index in [4.69, 9.17) is 0 Å². The zero-order valence-corrected chi connectivity index (χ0v) is 12.3. The predicted octanol–water partition coefficient (Wildman–Crippen LogP) is 2.92. The van der Waals surface area contributed by atoms with Crippen LogP contribution in [-0.4, -0.2) is 15.1 Å². The topological polar surface area (TPSA) is 66.0 Å². The van der Waals surface area contributed by atoms with E-state index in [1.54, 1.807) is 0 Å². The van der Waals surface area contributed by atoms with Crippen LogP contribution in [0.2, 0.25) is 0 Å². The number of nitrogens with zero attached hydrogens (tertiary/aromatic N) is 1. The van der Waals surface area contributed by atoms with Crippen LogP contribution in [0.5, 0.6) is 5.88 Å². The van der Waals surface area contributed by atoms with Gasteiger partial charge in [-0.05, 0) is 25.3 Å². The molecule has 2 N–H and O–H groups in total. The van der Waals surface area contributed by atoms with Crippen LogP contribution < -0.4 is 5.56 Å². The van der Waals surface area contributed by atoms with Crippen LogP contribution >= 0.6 is 0 Å². The number of hydrogen-bond acceptors (Lipinski definition) is 3. The van der Waals surface area contributed by atoms with Crippen molar-refractivity contribution in [2.75, 3.05) is 0 Å². The average molecular weight is 272 g/mol. The third-order valence-corrected chi connectivity index (χ3v) is 3.60. The number of aromatic hydroxyl groups is 1. The summed E-state index contributed by atoms with van der Waals surface area (Å²) in [6.45, 7) is 7.64. The molecule has 1 aromatic heterocycles. The van der Waals surface area contributed by atoms with Gasteiger partial charge in [-0.1, -0.05) is 44.2 Å². The van der Waals surface area contributed by atoms with Gasteiger partial charge in [0, 0.05) is 5.41 Å². The summed E-state index contributed by atoms with van der Waals surface area (Å²) in [6.07, 6.45) is 0. The van der Waals surface area contributed by atoms with Crippen molar-refractivity contribution in [3.63, 3.8) is 0 Å². The molecule has 0 saturated heterocycles. The standard InChI is InChI=1S/C16H20N2O2/c1-10(2)12-13(19)17-15(18-14(12)20)16(3,4)11-8-6-5-7-9-11/h5-10H,1-4H3,(H2,17,18,19,20). The van der Waals surface area contributed by atoms with Crippen LogP contribution in [-0.2, 0) is 5.41 Å². The maximum Gasteiger partial charge on any atom is 0.258 e. The zero-order chi connectivity index (χ0) is 14.9. The molecular formula is C16H20N2O2. The Morgan fingerprint density at radius 3 is 2.30 bits per heavy atom. The molecule has 0 spiro atoms. The smallest absolute Gasteiger partial charge is 0.258 e. The van der Waals surface area contributed by atoms with Crippen LogP contribution in [0.1, 0.15) is 50.6 Å². The molecule has 2 rings (SSSR count). The molecule has 2 aromatic rings. The Kier molecular flexibility index (Phi) is 3.66. The molecule has 0 aliphatic carbocycles. The Morgan fingerprint density at radius 2 is 1.80 bits per heavy atom. The lowest BCUT2D eigenvalue weighted by molar-refractivity contribution is 0.427. The van der Waals surface area contributed by atoms with Gasteiger partial charge in [-0.3, -0.25) is 4.79 Å². The minimum Gasteiger partial charge on any atom is -0.493 e. The van der Waals surface area contributed by atoms with Crippen molar-refractivity contribution < 1.29 is 5.11 Å². The fourth-order valence-corrected chi connectivity index (χ4v) is 2.28. The van der Waals surface area contributed by atoms with E-state index in [0.29, 0.717) is 11.4 Å². The highest BCUT2D eigenvalue weighted by atomic mass is 16.3. The molecule has 0 bridgehead atoms. The summed E-state index contributed by atoms with van der Waals surface area (Å²) in [5.74, 6) is 0.221. The quantitative estimate of drug-likeness (QED) is 0.902. The highest BCUT2D eigenvalue weighted by molar-refractivity contribution is 5.34. The molecular weight excluding hydrogens is 252 g/mol. The highest BCUT2D eigenvalue weighted by Crippen LogP contribution is 2.30. The molecule has 0 aliphatic rings. The van der Waals surface area contributed by atoms with E-state index < -0.39 is 5.41 Å². The maximum absolute atomic E-state index is 12.1. The van der Waals surface area contributed by atoms with Crippen molar-refractivity contribution in [3.8, 4) is 5.88 Å². The molecule has 0 atom stereocenters. The Morgan fingerprint density at radius 1 is 1.20 bits per heavy atom. The second-order valence-electron chi connectivity index (χ2n) is 5.80. The zero-order valence-electron chi connectivity index (χ0n) is 12.3. The first-order valence-electron chi connectivity index (χ1n) is 6.73. The summed E-state index contributed by atoms with van der Waals surface area (Å²) < 4.78 is 0. The predicted molar refractivity (Wildman–Crippen MR) is 79.2 cm³/mol. The van der Waals surface area contributed by atoms with Crippen LogP contribution in [0.4, 0.5) is 0 Å². The largest absolute Gasteiger partial charge is 0.493 e. The van der Waals surface area contributed by atoms with Crippen molar-refractivity contribution in [2.24, 2.45) is 0 Å². The molecule has 0 aliphatic heterocycles. The van der Waals surface area contributed by atoms with E-state index in [-0.39, 0.29) is 17.4 Å². The maximum atomic E-state index is 12.1. The average Bonchev–Trinajstić information content (AvgIpc) is 2.38. The number of H-pyrrole nitrogens is 1. The highest BCUT2D eigenvalue weighted by Gasteiger charge is 2.27. The lowest BCUT2D eigenvalue weighted by Crippen LogP contribution is -2.28. The monoisotopic (exact) mass is 272 g/mol. The summed E-state index contributed by atoms with van der Waals surface area (Å²) in [5, 5.41) is 10.0. The van der Waals surface area contributed by atoms with Crippen molar-refractivity contribution in [1.29, 1.82) is 0 Å². The Labute approximate surface area is 118 Å². The first-order chi connectivity index (χ1) is 9.34. The van der Waals surface area contributed by atoms with Gasteiger partial charge in [0.05, 0.1) is 5.56 Å². The fourth-order valence-electron chi connectivity index (χ4n) is 2.28. The molecule has 106 valence electrons. The lowest BCUT2D eigenvalue weighted by Gasteiger charge is -2.24. The SMILES string of the molecule is CC(C)c1c(O)nc(C(C)(C)c2ccccc2)[nH]c1=O. The van der Waals surface area contributed by atoms with Crippen LogP contribution in [0, 0.1) is 0 Å². The summed E-state index contributed by atoms with van der Waals surface area (Å²) >= 11 is 0. The Balaban J connectivity index is 2.57. The van der Waals surface area contributed by atoms with Gasteiger partial charge in [0.1, 0.15) is 5.82 Å². The minimum absolute atomic E-state index is 0.0693. The number of aromatic nitrogens is 2. The first-order valence-corrected chi connectivity index (χ1v) is 6.73. The molecule has 20 heavy (non-hydrogen) atoms. The van der Waals surface area contributed by atoms with E-state index in [1.165, 1.54) is 0 Å².